The Labute approximate surface area is 188 Å². The lowest BCUT2D eigenvalue weighted by molar-refractivity contribution is 0.0814. The van der Waals surface area contributed by atoms with Gasteiger partial charge in [-0.3, -0.25) is 0 Å². The first kappa shape index (κ1) is 22.8. The molecule has 1 aliphatic rings. The Hall–Kier alpha value is -3.37. The van der Waals surface area contributed by atoms with Gasteiger partial charge in [-0.25, -0.2) is 18.0 Å². The molecular formula is C22H25F3N6O2. The van der Waals surface area contributed by atoms with Gasteiger partial charge in [0.1, 0.15) is 17.7 Å². The van der Waals surface area contributed by atoms with E-state index in [2.05, 4.69) is 15.3 Å². The fourth-order valence-electron chi connectivity index (χ4n) is 4.36. The fraction of sp³-hybridized carbons (Fsp3) is 0.455. The molecule has 0 aliphatic carbocycles. The van der Waals surface area contributed by atoms with Gasteiger partial charge in [0.05, 0.1) is 6.54 Å². The van der Waals surface area contributed by atoms with Gasteiger partial charge in [-0.05, 0) is 42.5 Å². The molecule has 11 heteroatoms. The first-order chi connectivity index (χ1) is 15.5. The number of carbonyl (C=O) groups is 1. The molecule has 1 fully saturated rings. The standard InChI is InChI=1S/C22H25F3N6O2/c1-11-27-28-16-5-6-17(29-31(11)16)30-8-7-12(15(10-30)33-21(26)32)13-9-14(23)20(25)18(19(13)24)22(2,3)4/h5-6,9,12,15H,7-8,10H2,1-4H3,(H2,26,32)/t12-,15+/m1/s1. The lowest BCUT2D eigenvalue weighted by atomic mass is 9.80. The van der Waals surface area contributed by atoms with Crippen LogP contribution in [-0.4, -0.2) is 45.1 Å². The summed E-state index contributed by atoms with van der Waals surface area (Å²) in [5.74, 6) is -2.74. The number of rotatable bonds is 3. The fourth-order valence-corrected chi connectivity index (χ4v) is 4.36. The molecule has 8 nitrogen and oxygen atoms in total. The van der Waals surface area contributed by atoms with Crippen LogP contribution in [0.1, 0.15) is 50.1 Å². The minimum absolute atomic E-state index is 0.0391. The minimum Gasteiger partial charge on any atom is -0.444 e. The Bertz CT molecular complexity index is 1220. The number of aromatic nitrogens is 4. The van der Waals surface area contributed by atoms with Crippen LogP contribution in [-0.2, 0) is 10.2 Å². The van der Waals surface area contributed by atoms with Crippen LogP contribution in [0.4, 0.5) is 23.8 Å². The molecule has 3 aromatic rings. The van der Waals surface area contributed by atoms with E-state index in [0.29, 0.717) is 30.3 Å². The van der Waals surface area contributed by atoms with Crippen LogP contribution < -0.4 is 10.6 Å². The molecule has 1 aromatic carbocycles. The van der Waals surface area contributed by atoms with Gasteiger partial charge in [0.15, 0.2) is 23.1 Å². The molecule has 1 aliphatic heterocycles. The Kier molecular flexibility index (Phi) is 5.67. The van der Waals surface area contributed by atoms with Crippen molar-refractivity contribution < 1.29 is 22.7 Å². The summed E-state index contributed by atoms with van der Waals surface area (Å²) in [5, 5.41) is 12.5. The lowest BCUT2D eigenvalue weighted by Crippen LogP contribution is -2.46. The van der Waals surface area contributed by atoms with Crippen molar-refractivity contribution in [3.05, 3.63) is 52.6 Å². The van der Waals surface area contributed by atoms with E-state index in [9.17, 15) is 13.6 Å². The van der Waals surface area contributed by atoms with Crippen molar-refractivity contribution in [2.24, 2.45) is 5.73 Å². The number of hydrogen-bond acceptors (Lipinski definition) is 6. The van der Waals surface area contributed by atoms with E-state index >= 15 is 4.39 Å². The number of halogens is 3. The van der Waals surface area contributed by atoms with Crippen molar-refractivity contribution in [3.63, 3.8) is 0 Å². The summed E-state index contributed by atoms with van der Waals surface area (Å²) >= 11 is 0. The largest absolute Gasteiger partial charge is 0.444 e. The normalized spacial score (nSPS) is 19.2. The molecule has 2 aromatic heterocycles. The van der Waals surface area contributed by atoms with Crippen LogP contribution in [0.25, 0.3) is 5.65 Å². The zero-order valence-corrected chi connectivity index (χ0v) is 18.8. The highest BCUT2D eigenvalue weighted by Crippen LogP contribution is 2.39. The average molecular weight is 462 g/mol. The maximum Gasteiger partial charge on any atom is 0.404 e. The Balaban J connectivity index is 1.71. The van der Waals surface area contributed by atoms with Gasteiger partial charge in [-0.1, -0.05) is 20.8 Å². The SMILES string of the molecule is Cc1nnc2ccc(N3CC[C@H](c4cc(F)c(F)c(C(C)(C)C)c4F)[C@@H](OC(N)=O)C3)nn12. The Morgan fingerprint density at radius 3 is 2.58 bits per heavy atom. The number of primary amides is 1. The number of benzene rings is 1. The number of aryl methyl sites for hydroxylation is 1. The smallest absolute Gasteiger partial charge is 0.404 e. The molecule has 0 saturated carbocycles. The van der Waals surface area contributed by atoms with Crippen LogP contribution >= 0.6 is 0 Å². The van der Waals surface area contributed by atoms with Gasteiger partial charge in [0, 0.05) is 18.0 Å². The molecule has 0 bridgehead atoms. The van der Waals surface area contributed by atoms with Crippen molar-refractivity contribution >= 4 is 17.6 Å². The van der Waals surface area contributed by atoms with Crippen molar-refractivity contribution in [2.45, 2.75) is 51.6 Å². The van der Waals surface area contributed by atoms with Gasteiger partial charge in [-0.15, -0.1) is 15.3 Å². The summed E-state index contributed by atoms with van der Waals surface area (Å²) in [4.78, 5) is 13.5. The number of carbonyl (C=O) groups excluding carboxylic acids is 1. The second-order valence-electron chi connectivity index (χ2n) is 9.23. The quantitative estimate of drug-likeness (QED) is 0.597. The second-order valence-corrected chi connectivity index (χ2v) is 9.23. The van der Waals surface area contributed by atoms with E-state index in [-0.39, 0.29) is 17.7 Å². The molecule has 4 rings (SSSR count). The summed E-state index contributed by atoms with van der Waals surface area (Å²) < 4.78 is 51.3. The highest BCUT2D eigenvalue weighted by molar-refractivity contribution is 5.65. The van der Waals surface area contributed by atoms with Crippen molar-refractivity contribution in [1.29, 1.82) is 0 Å². The van der Waals surface area contributed by atoms with E-state index in [1.165, 1.54) is 0 Å². The van der Waals surface area contributed by atoms with Crippen molar-refractivity contribution in [2.75, 3.05) is 18.0 Å². The third-order valence-corrected chi connectivity index (χ3v) is 5.89. The van der Waals surface area contributed by atoms with Crippen molar-refractivity contribution in [3.8, 4) is 0 Å². The molecule has 3 heterocycles. The Morgan fingerprint density at radius 1 is 1.18 bits per heavy atom. The van der Waals surface area contributed by atoms with E-state index in [1.54, 1.807) is 44.3 Å². The monoisotopic (exact) mass is 462 g/mol. The predicted molar refractivity (Wildman–Crippen MR) is 115 cm³/mol. The van der Waals surface area contributed by atoms with Gasteiger partial charge >= 0.3 is 6.09 Å². The summed E-state index contributed by atoms with van der Waals surface area (Å²) in [7, 11) is 0. The molecular weight excluding hydrogens is 437 g/mol. The first-order valence-corrected chi connectivity index (χ1v) is 10.6. The first-order valence-electron chi connectivity index (χ1n) is 10.6. The number of hydrogen-bond donors (Lipinski definition) is 1. The number of amides is 1. The number of nitrogens with two attached hydrogens (primary N) is 1. The summed E-state index contributed by atoms with van der Waals surface area (Å²) in [6, 6.07) is 4.35. The van der Waals surface area contributed by atoms with Gasteiger partial charge < -0.3 is 15.4 Å². The van der Waals surface area contributed by atoms with Gasteiger partial charge in [-0.2, -0.15) is 4.52 Å². The second kappa shape index (κ2) is 8.20. The van der Waals surface area contributed by atoms with E-state index in [4.69, 9.17) is 10.5 Å². The average Bonchev–Trinajstić information content (AvgIpc) is 3.10. The number of anilines is 1. The number of fused-ring (bicyclic) bond motifs is 1. The van der Waals surface area contributed by atoms with Gasteiger partial charge in [0.2, 0.25) is 0 Å². The topological polar surface area (TPSA) is 98.6 Å². The highest BCUT2D eigenvalue weighted by atomic mass is 19.2. The number of nitrogens with zero attached hydrogens (tertiary/aromatic N) is 5. The molecule has 33 heavy (non-hydrogen) atoms. The molecule has 176 valence electrons. The number of piperidine rings is 1. The number of ether oxygens (including phenoxy) is 1. The van der Waals surface area contributed by atoms with Crippen LogP contribution in [0.5, 0.6) is 0 Å². The van der Waals surface area contributed by atoms with Crippen LogP contribution in [0.2, 0.25) is 0 Å². The molecule has 2 atom stereocenters. The third kappa shape index (κ3) is 4.19. The lowest BCUT2D eigenvalue weighted by Gasteiger charge is -2.39. The summed E-state index contributed by atoms with van der Waals surface area (Å²) in [6.07, 6.45) is -1.64. The maximum atomic E-state index is 15.5. The van der Waals surface area contributed by atoms with Crippen molar-refractivity contribution in [1.82, 2.24) is 19.8 Å². The molecule has 0 spiro atoms. The van der Waals surface area contributed by atoms with E-state index in [0.717, 1.165) is 6.07 Å². The minimum atomic E-state index is -1.21. The van der Waals surface area contributed by atoms with Gasteiger partial charge in [0.25, 0.3) is 0 Å². The highest BCUT2D eigenvalue weighted by Gasteiger charge is 2.38. The molecule has 0 radical (unpaired) electrons. The Morgan fingerprint density at radius 2 is 1.91 bits per heavy atom. The maximum absolute atomic E-state index is 15.5. The predicted octanol–water partition coefficient (Wildman–Crippen LogP) is 3.61. The van der Waals surface area contributed by atoms with E-state index in [1.807, 2.05) is 4.90 Å². The molecule has 0 unspecified atom stereocenters. The van der Waals surface area contributed by atoms with Crippen LogP contribution in [0.15, 0.2) is 18.2 Å². The molecule has 2 N–H and O–H groups in total. The molecule has 1 saturated heterocycles. The molecule has 1 amide bonds. The summed E-state index contributed by atoms with van der Waals surface area (Å²) in [5.41, 5.74) is 4.50. The zero-order chi connectivity index (χ0) is 24.1. The third-order valence-electron chi connectivity index (χ3n) is 5.89. The summed E-state index contributed by atoms with van der Waals surface area (Å²) in [6.45, 7) is 7.12. The van der Waals surface area contributed by atoms with Crippen LogP contribution in [0, 0.1) is 24.4 Å². The van der Waals surface area contributed by atoms with E-state index < -0.39 is 41.0 Å². The zero-order valence-electron chi connectivity index (χ0n) is 18.8. The van der Waals surface area contributed by atoms with Crippen LogP contribution in [0.3, 0.4) is 0 Å².